The molecule has 142 valence electrons. The second-order valence-corrected chi connectivity index (χ2v) is 8.11. The number of hydrogen-bond donors (Lipinski definition) is 1. The van der Waals surface area contributed by atoms with E-state index in [0.29, 0.717) is 5.52 Å². The fourth-order valence-electron chi connectivity index (χ4n) is 3.10. The smallest absolute Gasteiger partial charge is 0.417 e. The Balaban J connectivity index is 1.60. The Morgan fingerprint density at radius 3 is 2.70 bits per heavy atom. The summed E-state index contributed by atoms with van der Waals surface area (Å²) in [4.78, 5) is 13.9. The number of ether oxygens (including phenoxy) is 2. The highest BCUT2D eigenvalue weighted by molar-refractivity contribution is 7.89. The molecule has 1 N–H and O–H groups in total. The quantitative estimate of drug-likeness (QED) is 0.730. The zero-order valence-corrected chi connectivity index (χ0v) is 15.4. The van der Waals surface area contributed by atoms with E-state index >= 15 is 0 Å². The Morgan fingerprint density at radius 1 is 1.19 bits per heavy atom. The first-order valence-electron chi connectivity index (χ1n) is 8.36. The van der Waals surface area contributed by atoms with Crippen molar-refractivity contribution in [3.8, 4) is 5.75 Å². The van der Waals surface area contributed by atoms with Crippen molar-refractivity contribution < 1.29 is 22.3 Å². The molecular weight excluding hydrogens is 372 g/mol. The summed E-state index contributed by atoms with van der Waals surface area (Å²) < 4.78 is 43.3. The van der Waals surface area contributed by atoms with Crippen molar-refractivity contribution in [2.75, 3.05) is 26.8 Å². The normalized spacial score (nSPS) is 18.6. The number of aromatic amines is 1. The number of hydrogen-bond acceptors (Lipinski definition) is 6. The van der Waals surface area contributed by atoms with Gasteiger partial charge in [-0.15, -0.1) is 0 Å². The van der Waals surface area contributed by atoms with E-state index in [-0.39, 0.29) is 36.3 Å². The molecule has 0 saturated carbocycles. The van der Waals surface area contributed by atoms with Gasteiger partial charge in [0.05, 0.1) is 30.2 Å². The number of benzene rings is 2. The van der Waals surface area contributed by atoms with Crippen LogP contribution >= 0.6 is 0 Å². The molecule has 1 aliphatic heterocycles. The molecule has 27 heavy (non-hydrogen) atoms. The van der Waals surface area contributed by atoms with Crippen LogP contribution in [0.3, 0.4) is 0 Å². The fourth-order valence-corrected chi connectivity index (χ4v) is 4.54. The molecule has 0 amide bonds. The van der Waals surface area contributed by atoms with Gasteiger partial charge in [-0.2, -0.15) is 4.31 Å². The van der Waals surface area contributed by atoms with E-state index in [0.717, 1.165) is 11.3 Å². The number of aromatic nitrogens is 1. The van der Waals surface area contributed by atoms with Gasteiger partial charge in [0.1, 0.15) is 5.75 Å². The first-order chi connectivity index (χ1) is 13.0. The average Bonchev–Trinajstić information content (AvgIpc) is 3.07. The lowest BCUT2D eigenvalue weighted by Gasteiger charge is -2.32. The second-order valence-electron chi connectivity index (χ2n) is 6.17. The summed E-state index contributed by atoms with van der Waals surface area (Å²) in [7, 11) is -2.16. The van der Waals surface area contributed by atoms with Gasteiger partial charge in [-0.3, -0.25) is 4.98 Å². The van der Waals surface area contributed by atoms with E-state index in [1.165, 1.54) is 22.5 Å². The summed E-state index contributed by atoms with van der Waals surface area (Å²) in [5.74, 6) is 0.103. The average molecular weight is 390 g/mol. The lowest BCUT2D eigenvalue weighted by molar-refractivity contribution is -0.00257. The zero-order chi connectivity index (χ0) is 19.0. The minimum atomic E-state index is -3.75. The summed E-state index contributed by atoms with van der Waals surface area (Å²) in [5.41, 5.74) is 1.54. The van der Waals surface area contributed by atoms with Crippen molar-refractivity contribution in [2.24, 2.45) is 0 Å². The first-order valence-corrected chi connectivity index (χ1v) is 9.80. The molecule has 1 aliphatic rings. The number of fused-ring (bicyclic) bond motifs is 1. The monoisotopic (exact) mass is 390 g/mol. The van der Waals surface area contributed by atoms with E-state index in [4.69, 9.17) is 13.9 Å². The lowest BCUT2D eigenvalue weighted by atomic mass is 10.1. The zero-order valence-electron chi connectivity index (χ0n) is 14.5. The molecule has 4 rings (SSSR count). The summed E-state index contributed by atoms with van der Waals surface area (Å²) >= 11 is 0. The Hall–Kier alpha value is -2.62. The van der Waals surface area contributed by atoms with Crippen LogP contribution < -0.4 is 10.5 Å². The lowest BCUT2D eigenvalue weighted by Crippen LogP contribution is -2.42. The Morgan fingerprint density at radius 2 is 1.96 bits per heavy atom. The summed E-state index contributed by atoms with van der Waals surface area (Å²) in [6, 6.07) is 11.7. The molecule has 0 aliphatic carbocycles. The topological polar surface area (TPSA) is 102 Å². The maximum Gasteiger partial charge on any atom is 0.417 e. The van der Waals surface area contributed by atoms with Gasteiger partial charge in [0, 0.05) is 19.2 Å². The molecule has 0 spiro atoms. The molecule has 0 radical (unpaired) electrons. The molecule has 1 aromatic heterocycles. The summed E-state index contributed by atoms with van der Waals surface area (Å²) in [6.45, 7) is 0.741. The Bertz CT molecular complexity index is 1120. The molecule has 8 nitrogen and oxygen atoms in total. The molecule has 9 heteroatoms. The van der Waals surface area contributed by atoms with E-state index in [9.17, 15) is 13.2 Å². The van der Waals surface area contributed by atoms with Crippen LogP contribution in [0, 0.1) is 0 Å². The molecule has 1 saturated heterocycles. The molecule has 2 heterocycles. The number of oxazole rings is 1. The third-order valence-corrected chi connectivity index (χ3v) is 6.41. The van der Waals surface area contributed by atoms with Crippen molar-refractivity contribution in [2.45, 2.75) is 11.0 Å². The third kappa shape index (κ3) is 3.36. The summed E-state index contributed by atoms with van der Waals surface area (Å²) in [5, 5.41) is 0. The van der Waals surface area contributed by atoms with E-state index in [1.807, 2.05) is 24.3 Å². The molecule has 2 aromatic carbocycles. The van der Waals surface area contributed by atoms with Crippen molar-refractivity contribution in [1.82, 2.24) is 9.29 Å². The molecule has 1 unspecified atom stereocenters. The van der Waals surface area contributed by atoms with Gasteiger partial charge in [0.25, 0.3) is 0 Å². The van der Waals surface area contributed by atoms with Gasteiger partial charge >= 0.3 is 5.76 Å². The predicted molar refractivity (Wildman–Crippen MR) is 97.3 cm³/mol. The third-order valence-electron chi connectivity index (χ3n) is 4.55. The van der Waals surface area contributed by atoms with E-state index < -0.39 is 15.8 Å². The highest BCUT2D eigenvalue weighted by atomic mass is 32.2. The largest absolute Gasteiger partial charge is 0.497 e. The van der Waals surface area contributed by atoms with Crippen molar-refractivity contribution in [3.63, 3.8) is 0 Å². The second kappa shape index (κ2) is 6.84. The van der Waals surface area contributed by atoms with Crippen LogP contribution in [0.25, 0.3) is 11.1 Å². The molecular formula is C18H18N2O6S. The van der Waals surface area contributed by atoms with Gasteiger partial charge in [-0.25, -0.2) is 13.2 Å². The molecule has 1 fully saturated rings. The van der Waals surface area contributed by atoms with Crippen LogP contribution in [0.1, 0.15) is 11.7 Å². The van der Waals surface area contributed by atoms with E-state index in [2.05, 4.69) is 4.98 Å². The van der Waals surface area contributed by atoms with Gasteiger partial charge in [0.2, 0.25) is 10.0 Å². The van der Waals surface area contributed by atoms with Gasteiger partial charge < -0.3 is 13.9 Å². The predicted octanol–water partition coefficient (Wildman–Crippen LogP) is 1.89. The van der Waals surface area contributed by atoms with Gasteiger partial charge in [-0.05, 0) is 29.8 Å². The number of morpholine rings is 1. The minimum absolute atomic E-state index is 0.0770. The van der Waals surface area contributed by atoms with Crippen molar-refractivity contribution >= 4 is 21.1 Å². The molecule has 3 aromatic rings. The number of methoxy groups -OCH3 is 1. The first kappa shape index (κ1) is 17.8. The Kier molecular flexibility index (Phi) is 4.50. The standard InChI is InChI=1S/C18H18N2O6S/c1-24-13-4-2-12(3-5-13)17-11-20(8-9-25-17)27(22,23)14-6-7-15-16(10-14)26-18(21)19-15/h2-7,10,17H,8-9,11H2,1H3,(H,19,21). The number of H-pyrrole nitrogens is 1. The van der Waals surface area contributed by atoms with Gasteiger partial charge in [-0.1, -0.05) is 12.1 Å². The Labute approximate surface area is 155 Å². The fraction of sp³-hybridized carbons (Fsp3) is 0.278. The van der Waals surface area contributed by atoms with E-state index in [1.54, 1.807) is 7.11 Å². The van der Waals surface area contributed by atoms with Crippen molar-refractivity contribution in [1.29, 1.82) is 0 Å². The number of nitrogens with one attached hydrogen (secondary N) is 1. The van der Waals surface area contributed by atoms with Crippen molar-refractivity contribution in [3.05, 3.63) is 58.6 Å². The highest BCUT2D eigenvalue weighted by Crippen LogP contribution is 2.28. The molecule has 0 bridgehead atoms. The maximum absolute atomic E-state index is 13.0. The SMILES string of the molecule is COc1ccc(C2CN(S(=O)(=O)c3ccc4[nH]c(=O)oc4c3)CCO2)cc1. The molecule has 1 atom stereocenters. The highest BCUT2D eigenvalue weighted by Gasteiger charge is 2.32. The van der Waals surface area contributed by atoms with Crippen LogP contribution in [-0.2, 0) is 14.8 Å². The summed E-state index contributed by atoms with van der Waals surface area (Å²) in [6.07, 6.45) is -0.367. The number of rotatable bonds is 4. The van der Waals surface area contributed by atoms with Crippen LogP contribution in [-0.4, -0.2) is 44.5 Å². The maximum atomic E-state index is 13.0. The number of sulfonamides is 1. The van der Waals surface area contributed by atoms with Crippen LogP contribution in [0.4, 0.5) is 0 Å². The number of nitrogens with zero attached hydrogens (tertiary/aromatic N) is 1. The van der Waals surface area contributed by atoms with Gasteiger partial charge in [0.15, 0.2) is 5.58 Å². The van der Waals surface area contributed by atoms with Crippen LogP contribution in [0.15, 0.2) is 56.6 Å². The van der Waals surface area contributed by atoms with Crippen LogP contribution in [0.2, 0.25) is 0 Å². The van der Waals surface area contributed by atoms with Crippen LogP contribution in [0.5, 0.6) is 5.75 Å². The minimum Gasteiger partial charge on any atom is -0.497 e.